The van der Waals surface area contributed by atoms with Crippen LogP contribution in [-0.4, -0.2) is 115 Å². The van der Waals surface area contributed by atoms with Gasteiger partial charge in [0.15, 0.2) is 9.84 Å². The molecule has 3 saturated heterocycles. The van der Waals surface area contributed by atoms with E-state index in [0.29, 0.717) is 17.4 Å². The number of piperazine rings is 1. The van der Waals surface area contributed by atoms with Crippen LogP contribution in [0.4, 0.5) is 0 Å². The average molecular weight is 450 g/mol. The first-order valence-corrected chi connectivity index (χ1v) is 11.9. The van der Waals surface area contributed by atoms with E-state index in [9.17, 15) is 13.2 Å². The lowest BCUT2D eigenvalue weighted by Gasteiger charge is -2.46. The van der Waals surface area contributed by atoms with E-state index in [4.69, 9.17) is 19.8 Å². The number of carbonyl (C=O) groups excluding carboxylic acids is 1. The maximum Gasteiger partial charge on any atom is 0.290 e. The lowest BCUT2D eigenvalue weighted by molar-refractivity contribution is -0.141. The standard InChI is InChI=1S/C17H31N3O3S.2CH2O2/c1-17(2)13-20(10-9-18(17)3)16(21)14-4-7-19(8-5-14)15-6-11-24(22,23)12-15;2*2-1-3/h14-15H,4-13H2,1-3H3;2*1H,(H,2,3). The topological polar surface area (TPSA) is 136 Å². The van der Waals surface area contributed by atoms with Gasteiger partial charge in [0.2, 0.25) is 5.91 Å². The highest BCUT2D eigenvalue weighted by molar-refractivity contribution is 7.91. The Bertz CT molecular complexity index is 670. The molecular weight excluding hydrogens is 414 g/mol. The van der Waals surface area contributed by atoms with E-state index in [0.717, 1.165) is 52.0 Å². The second kappa shape index (κ2) is 11.6. The summed E-state index contributed by atoms with van der Waals surface area (Å²) >= 11 is 0. The molecule has 2 N–H and O–H groups in total. The lowest BCUT2D eigenvalue weighted by atomic mass is 9.92. The molecule has 1 amide bonds. The molecule has 3 aliphatic heterocycles. The minimum absolute atomic E-state index is 0.0345. The minimum atomic E-state index is -2.83. The number of likely N-dealkylation sites (tertiary alicyclic amines) is 1. The molecule has 0 bridgehead atoms. The molecule has 0 aromatic heterocycles. The number of rotatable bonds is 2. The van der Waals surface area contributed by atoms with Crippen molar-refractivity contribution in [2.45, 2.75) is 44.7 Å². The van der Waals surface area contributed by atoms with Gasteiger partial charge < -0.3 is 15.1 Å². The van der Waals surface area contributed by atoms with Gasteiger partial charge in [0, 0.05) is 37.1 Å². The fraction of sp³-hybridized carbons (Fsp3) is 0.842. The zero-order valence-corrected chi connectivity index (χ0v) is 18.9. The van der Waals surface area contributed by atoms with Gasteiger partial charge in [-0.05, 0) is 53.2 Å². The predicted molar refractivity (Wildman–Crippen MR) is 112 cm³/mol. The summed E-state index contributed by atoms with van der Waals surface area (Å²) in [7, 11) is -0.710. The third-order valence-electron chi connectivity index (χ3n) is 6.23. The van der Waals surface area contributed by atoms with Crippen molar-refractivity contribution in [2.24, 2.45) is 5.92 Å². The molecule has 0 aliphatic carbocycles. The molecule has 174 valence electrons. The van der Waals surface area contributed by atoms with E-state index in [2.05, 4.69) is 30.7 Å². The van der Waals surface area contributed by atoms with Gasteiger partial charge in [-0.2, -0.15) is 0 Å². The van der Waals surface area contributed by atoms with Gasteiger partial charge in [-0.1, -0.05) is 0 Å². The lowest BCUT2D eigenvalue weighted by Crippen LogP contribution is -2.60. The summed E-state index contributed by atoms with van der Waals surface area (Å²) in [5.41, 5.74) is 0.0345. The van der Waals surface area contributed by atoms with E-state index in [-0.39, 0.29) is 30.4 Å². The molecular formula is C19H35N3O7S. The van der Waals surface area contributed by atoms with Gasteiger partial charge in [-0.25, -0.2) is 8.42 Å². The Labute approximate surface area is 178 Å². The van der Waals surface area contributed by atoms with Crippen LogP contribution in [-0.2, 0) is 24.2 Å². The van der Waals surface area contributed by atoms with Gasteiger partial charge in [0.05, 0.1) is 11.5 Å². The fourth-order valence-electron chi connectivity index (χ4n) is 4.26. The van der Waals surface area contributed by atoms with Crippen LogP contribution in [0, 0.1) is 5.92 Å². The second-order valence-electron chi connectivity index (χ2n) is 8.57. The maximum absolute atomic E-state index is 12.9. The molecule has 11 heteroatoms. The number of hydrogen-bond donors (Lipinski definition) is 2. The van der Waals surface area contributed by atoms with Crippen LogP contribution in [0.3, 0.4) is 0 Å². The van der Waals surface area contributed by atoms with Crippen LogP contribution in [0.2, 0.25) is 0 Å². The van der Waals surface area contributed by atoms with E-state index in [1.54, 1.807) is 0 Å². The van der Waals surface area contributed by atoms with Crippen molar-refractivity contribution >= 4 is 28.7 Å². The Morgan fingerprint density at radius 2 is 1.53 bits per heavy atom. The van der Waals surface area contributed by atoms with Gasteiger partial charge in [0.1, 0.15) is 0 Å². The number of piperidine rings is 1. The number of nitrogens with zero attached hydrogens (tertiary/aromatic N) is 3. The number of sulfone groups is 1. The fourth-order valence-corrected chi connectivity index (χ4v) is 6.02. The third kappa shape index (κ3) is 7.51. The van der Waals surface area contributed by atoms with E-state index < -0.39 is 9.84 Å². The first-order chi connectivity index (χ1) is 14.0. The molecule has 0 aromatic rings. The summed E-state index contributed by atoms with van der Waals surface area (Å²) in [6.45, 7) is 8.13. The van der Waals surface area contributed by atoms with Crippen molar-refractivity contribution in [1.29, 1.82) is 0 Å². The van der Waals surface area contributed by atoms with Gasteiger partial charge in [0.25, 0.3) is 12.9 Å². The molecule has 3 rings (SSSR count). The number of amides is 1. The van der Waals surface area contributed by atoms with Crippen LogP contribution in [0.5, 0.6) is 0 Å². The minimum Gasteiger partial charge on any atom is -0.483 e. The quantitative estimate of drug-likeness (QED) is 0.551. The number of hydrogen-bond acceptors (Lipinski definition) is 7. The highest BCUT2D eigenvalue weighted by Gasteiger charge is 2.38. The van der Waals surface area contributed by atoms with E-state index in [1.165, 1.54) is 0 Å². The Hall–Kier alpha value is -1.72. The molecule has 0 saturated carbocycles. The molecule has 0 aromatic carbocycles. The molecule has 1 atom stereocenters. The van der Waals surface area contributed by atoms with E-state index in [1.807, 2.05) is 4.90 Å². The van der Waals surface area contributed by atoms with Gasteiger partial charge in [-0.15, -0.1) is 0 Å². The van der Waals surface area contributed by atoms with E-state index >= 15 is 0 Å². The van der Waals surface area contributed by atoms with Crippen LogP contribution < -0.4 is 0 Å². The predicted octanol–water partition coefficient (Wildman–Crippen LogP) is -0.160. The van der Waals surface area contributed by atoms with Gasteiger partial charge in [-0.3, -0.25) is 24.2 Å². The highest BCUT2D eigenvalue weighted by Crippen LogP contribution is 2.27. The Morgan fingerprint density at radius 3 is 1.97 bits per heavy atom. The number of likely N-dealkylation sites (N-methyl/N-ethyl adjacent to an activating group) is 1. The summed E-state index contributed by atoms with van der Waals surface area (Å²) in [4.78, 5) is 36.2. The van der Waals surface area contributed by atoms with Crippen molar-refractivity contribution < 1.29 is 33.0 Å². The zero-order chi connectivity index (χ0) is 22.9. The summed E-state index contributed by atoms with van der Waals surface area (Å²) in [6, 6.07) is 0.175. The monoisotopic (exact) mass is 449 g/mol. The zero-order valence-electron chi connectivity index (χ0n) is 18.1. The summed E-state index contributed by atoms with van der Waals surface area (Å²) in [6.07, 6.45) is 2.48. The first kappa shape index (κ1) is 26.3. The first-order valence-electron chi connectivity index (χ1n) is 10.1. The van der Waals surface area contributed by atoms with Crippen LogP contribution >= 0.6 is 0 Å². The summed E-state index contributed by atoms with van der Waals surface area (Å²) < 4.78 is 23.3. The maximum atomic E-state index is 12.9. The van der Waals surface area contributed by atoms with Crippen LogP contribution in [0.15, 0.2) is 0 Å². The van der Waals surface area contributed by atoms with Crippen LogP contribution in [0.1, 0.15) is 33.1 Å². The largest absolute Gasteiger partial charge is 0.483 e. The second-order valence-corrected chi connectivity index (χ2v) is 10.8. The van der Waals surface area contributed by atoms with Crippen molar-refractivity contribution in [2.75, 3.05) is 51.3 Å². The van der Waals surface area contributed by atoms with Crippen LogP contribution in [0.25, 0.3) is 0 Å². The van der Waals surface area contributed by atoms with Crippen molar-refractivity contribution in [1.82, 2.24) is 14.7 Å². The smallest absolute Gasteiger partial charge is 0.290 e. The van der Waals surface area contributed by atoms with Crippen molar-refractivity contribution in [3.05, 3.63) is 0 Å². The molecule has 1 unspecified atom stereocenters. The number of carbonyl (C=O) groups is 3. The summed E-state index contributed by atoms with van der Waals surface area (Å²) in [5.74, 6) is 1.04. The molecule has 0 radical (unpaired) electrons. The molecule has 0 spiro atoms. The summed E-state index contributed by atoms with van der Waals surface area (Å²) in [5, 5.41) is 13.8. The molecule has 3 fully saturated rings. The molecule has 3 aliphatic rings. The Kier molecular flexibility index (Phi) is 10.2. The number of carboxylic acid groups (broad SMARTS) is 2. The molecule has 3 heterocycles. The molecule has 30 heavy (non-hydrogen) atoms. The SMILES string of the molecule is CN1CCN(C(=O)C2CCN(C3CCS(=O)(=O)C3)CC2)CC1(C)C.O=CO.O=CO. The highest BCUT2D eigenvalue weighted by atomic mass is 32.2. The Balaban J connectivity index is 0.000000672. The van der Waals surface area contributed by atoms with Crippen molar-refractivity contribution in [3.8, 4) is 0 Å². The third-order valence-corrected chi connectivity index (χ3v) is 7.98. The molecule has 10 nitrogen and oxygen atoms in total. The van der Waals surface area contributed by atoms with Gasteiger partial charge >= 0.3 is 0 Å². The van der Waals surface area contributed by atoms with Crippen molar-refractivity contribution in [3.63, 3.8) is 0 Å². The average Bonchev–Trinajstić information content (AvgIpc) is 3.04. The normalized spacial score (nSPS) is 26.5. The Morgan fingerprint density at radius 1 is 1.00 bits per heavy atom.